The van der Waals surface area contributed by atoms with Crippen LogP contribution in [0.15, 0.2) is 5.38 Å². The first-order valence-electron chi connectivity index (χ1n) is 5.48. The molecule has 2 heterocycles. The van der Waals surface area contributed by atoms with Gasteiger partial charge in [-0.3, -0.25) is 0 Å². The van der Waals surface area contributed by atoms with Gasteiger partial charge in [0.15, 0.2) is 5.13 Å². The molecule has 1 aliphatic rings. The number of hydrogen-bond acceptors (Lipinski definition) is 4. The lowest BCUT2D eigenvalue weighted by atomic mass is 9.84. The first-order valence-corrected chi connectivity index (χ1v) is 6.36. The van der Waals surface area contributed by atoms with Crippen molar-refractivity contribution in [3.05, 3.63) is 11.1 Å². The number of thiazole rings is 1. The van der Waals surface area contributed by atoms with Gasteiger partial charge in [0.05, 0.1) is 11.3 Å². The summed E-state index contributed by atoms with van der Waals surface area (Å²) in [6.07, 6.45) is 3.19. The van der Waals surface area contributed by atoms with Crippen LogP contribution in [-0.4, -0.2) is 17.2 Å². The molecular formula is C11H18N2OS. The Morgan fingerprint density at radius 1 is 1.73 bits per heavy atom. The predicted octanol–water partition coefficient (Wildman–Crippen LogP) is 2.79. The molecule has 15 heavy (non-hydrogen) atoms. The molecule has 1 aromatic heterocycles. The average Bonchev–Trinajstić information content (AvgIpc) is 2.65. The van der Waals surface area contributed by atoms with Crippen LogP contribution in [-0.2, 0) is 4.74 Å². The predicted molar refractivity (Wildman–Crippen MR) is 63.1 cm³/mol. The fourth-order valence-corrected chi connectivity index (χ4v) is 2.76. The molecular weight excluding hydrogens is 208 g/mol. The van der Waals surface area contributed by atoms with Gasteiger partial charge in [-0.15, -0.1) is 11.3 Å². The highest BCUT2D eigenvalue weighted by Gasteiger charge is 2.33. The van der Waals surface area contributed by atoms with Gasteiger partial charge in [0.25, 0.3) is 0 Å². The molecule has 0 amide bonds. The molecule has 1 aliphatic heterocycles. The van der Waals surface area contributed by atoms with Crippen LogP contribution in [0.4, 0.5) is 5.13 Å². The molecule has 0 unspecified atom stereocenters. The van der Waals surface area contributed by atoms with Crippen LogP contribution < -0.4 is 5.73 Å². The average molecular weight is 226 g/mol. The van der Waals surface area contributed by atoms with Crippen molar-refractivity contribution in [2.75, 3.05) is 12.3 Å². The van der Waals surface area contributed by atoms with Crippen molar-refractivity contribution in [3.8, 4) is 0 Å². The first kappa shape index (κ1) is 10.9. The monoisotopic (exact) mass is 226 g/mol. The van der Waals surface area contributed by atoms with Crippen LogP contribution >= 0.6 is 11.3 Å². The van der Waals surface area contributed by atoms with Crippen molar-refractivity contribution >= 4 is 16.5 Å². The van der Waals surface area contributed by atoms with E-state index in [-0.39, 0.29) is 5.60 Å². The topological polar surface area (TPSA) is 48.1 Å². The number of aromatic nitrogens is 1. The van der Waals surface area contributed by atoms with Crippen molar-refractivity contribution in [1.29, 1.82) is 0 Å². The molecule has 0 radical (unpaired) electrons. The molecule has 0 spiro atoms. The third-order valence-corrected chi connectivity index (χ3v) is 3.99. The van der Waals surface area contributed by atoms with Crippen molar-refractivity contribution in [3.63, 3.8) is 0 Å². The second-order valence-electron chi connectivity index (χ2n) is 4.45. The highest BCUT2D eigenvalue weighted by Crippen LogP contribution is 2.37. The van der Waals surface area contributed by atoms with E-state index in [1.807, 2.05) is 0 Å². The van der Waals surface area contributed by atoms with Gasteiger partial charge in [-0.25, -0.2) is 4.98 Å². The number of rotatable bonds is 2. The Kier molecular flexibility index (Phi) is 2.98. The van der Waals surface area contributed by atoms with E-state index in [9.17, 15) is 0 Å². The minimum atomic E-state index is 0.0291. The van der Waals surface area contributed by atoms with E-state index in [0.717, 1.165) is 31.6 Å². The summed E-state index contributed by atoms with van der Waals surface area (Å²) in [5.41, 5.74) is 6.84. The molecule has 3 nitrogen and oxygen atoms in total. The van der Waals surface area contributed by atoms with Gasteiger partial charge in [0, 0.05) is 17.9 Å². The van der Waals surface area contributed by atoms with Crippen molar-refractivity contribution in [2.24, 2.45) is 0 Å². The van der Waals surface area contributed by atoms with Gasteiger partial charge in [0.2, 0.25) is 0 Å². The van der Waals surface area contributed by atoms with Crippen LogP contribution in [0.3, 0.4) is 0 Å². The van der Waals surface area contributed by atoms with Crippen molar-refractivity contribution < 1.29 is 4.74 Å². The van der Waals surface area contributed by atoms with E-state index in [2.05, 4.69) is 24.2 Å². The number of nitrogen functional groups attached to an aromatic ring is 1. The number of nitrogens with zero attached hydrogens (tertiary/aromatic N) is 1. The van der Waals surface area contributed by atoms with Gasteiger partial charge in [-0.1, -0.05) is 6.92 Å². The normalized spacial score (nSPS) is 31.7. The second kappa shape index (κ2) is 4.10. The summed E-state index contributed by atoms with van der Waals surface area (Å²) in [6, 6.07) is 0. The summed E-state index contributed by atoms with van der Waals surface area (Å²) in [4.78, 5) is 4.37. The molecule has 0 aliphatic carbocycles. The number of ether oxygens (including phenoxy) is 1. The Labute approximate surface area is 94.7 Å². The lowest BCUT2D eigenvalue weighted by Gasteiger charge is -2.37. The first-order chi connectivity index (χ1) is 7.13. The zero-order valence-electron chi connectivity index (χ0n) is 9.32. The summed E-state index contributed by atoms with van der Waals surface area (Å²) in [5.74, 6) is 0.525. The van der Waals surface area contributed by atoms with E-state index >= 15 is 0 Å². The van der Waals surface area contributed by atoms with E-state index in [0.29, 0.717) is 11.0 Å². The lowest BCUT2D eigenvalue weighted by Crippen LogP contribution is -2.35. The van der Waals surface area contributed by atoms with E-state index in [1.54, 1.807) is 0 Å². The molecule has 1 fully saturated rings. The highest BCUT2D eigenvalue weighted by molar-refractivity contribution is 7.13. The molecule has 4 heteroatoms. The van der Waals surface area contributed by atoms with Crippen molar-refractivity contribution in [1.82, 2.24) is 4.98 Å². The quantitative estimate of drug-likeness (QED) is 0.843. The fourth-order valence-electron chi connectivity index (χ4n) is 2.12. The molecule has 2 rings (SSSR count). The van der Waals surface area contributed by atoms with Crippen LogP contribution in [0.2, 0.25) is 0 Å². The standard InChI is InChI=1S/C11H18N2OS/c1-3-11(2)6-8(4-5-14-11)9-7-15-10(12)13-9/h7-8H,3-6H2,1-2H3,(H2,12,13)/t8-,11-/m0/s1. The number of nitrogens with two attached hydrogens (primary N) is 1. The molecule has 1 aromatic rings. The zero-order valence-corrected chi connectivity index (χ0v) is 10.1. The summed E-state index contributed by atoms with van der Waals surface area (Å²) in [6.45, 7) is 5.21. The van der Waals surface area contributed by atoms with Crippen LogP contribution in [0.1, 0.15) is 44.7 Å². The number of anilines is 1. The fraction of sp³-hybridized carbons (Fsp3) is 0.727. The highest BCUT2D eigenvalue weighted by atomic mass is 32.1. The van der Waals surface area contributed by atoms with Crippen LogP contribution in [0.5, 0.6) is 0 Å². The van der Waals surface area contributed by atoms with E-state index < -0.39 is 0 Å². The van der Waals surface area contributed by atoms with Gasteiger partial charge in [-0.2, -0.15) is 0 Å². The summed E-state index contributed by atoms with van der Waals surface area (Å²) in [5, 5.41) is 2.76. The lowest BCUT2D eigenvalue weighted by molar-refractivity contribution is -0.0750. The smallest absolute Gasteiger partial charge is 0.180 e. The molecule has 0 aromatic carbocycles. The SMILES string of the molecule is CC[C@@]1(C)C[C@@H](c2csc(N)n2)CCO1. The van der Waals surface area contributed by atoms with Gasteiger partial charge in [0.1, 0.15) is 0 Å². The van der Waals surface area contributed by atoms with Crippen LogP contribution in [0.25, 0.3) is 0 Å². The van der Waals surface area contributed by atoms with Gasteiger partial charge in [-0.05, 0) is 26.2 Å². The third-order valence-electron chi connectivity index (χ3n) is 3.30. The molecule has 2 atom stereocenters. The van der Waals surface area contributed by atoms with E-state index in [4.69, 9.17) is 10.5 Å². The molecule has 2 N–H and O–H groups in total. The third kappa shape index (κ3) is 2.32. The summed E-state index contributed by atoms with van der Waals surface area (Å²) >= 11 is 1.53. The van der Waals surface area contributed by atoms with Crippen LogP contribution in [0, 0.1) is 0 Å². The molecule has 0 saturated carbocycles. The Balaban J connectivity index is 2.11. The molecule has 84 valence electrons. The Morgan fingerprint density at radius 3 is 3.13 bits per heavy atom. The second-order valence-corrected chi connectivity index (χ2v) is 5.34. The largest absolute Gasteiger partial charge is 0.375 e. The maximum Gasteiger partial charge on any atom is 0.180 e. The van der Waals surface area contributed by atoms with Gasteiger partial charge < -0.3 is 10.5 Å². The maximum absolute atomic E-state index is 5.82. The summed E-state index contributed by atoms with van der Waals surface area (Å²) < 4.78 is 5.82. The molecule has 1 saturated heterocycles. The number of hydrogen-bond donors (Lipinski definition) is 1. The van der Waals surface area contributed by atoms with E-state index in [1.165, 1.54) is 11.3 Å². The maximum atomic E-state index is 5.82. The van der Waals surface area contributed by atoms with Crippen molar-refractivity contribution in [2.45, 2.75) is 44.6 Å². The minimum Gasteiger partial charge on any atom is -0.375 e. The zero-order chi connectivity index (χ0) is 10.9. The minimum absolute atomic E-state index is 0.0291. The Morgan fingerprint density at radius 2 is 2.53 bits per heavy atom. The van der Waals surface area contributed by atoms with Gasteiger partial charge >= 0.3 is 0 Å². The Hall–Kier alpha value is -0.610. The Bertz CT molecular complexity index is 339. The molecule has 0 bridgehead atoms. The summed E-state index contributed by atoms with van der Waals surface area (Å²) in [7, 11) is 0.